The van der Waals surface area contributed by atoms with Gasteiger partial charge in [0, 0.05) is 25.7 Å². The first-order chi connectivity index (χ1) is 11.8. The van der Waals surface area contributed by atoms with Crippen molar-refractivity contribution in [1.29, 1.82) is 0 Å². The van der Waals surface area contributed by atoms with Crippen molar-refractivity contribution >= 4 is 17.1 Å². The van der Waals surface area contributed by atoms with Crippen LogP contribution in [-0.4, -0.2) is 36.8 Å². The van der Waals surface area contributed by atoms with Gasteiger partial charge < -0.3 is 5.01 Å². The number of halogens is 3. The molecule has 0 aliphatic rings. The van der Waals surface area contributed by atoms with Gasteiger partial charge in [-0.1, -0.05) is 60.7 Å². The topological polar surface area (TPSA) is 32.7 Å². The average molecular weight is 346 g/mol. The van der Waals surface area contributed by atoms with E-state index in [2.05, 4.69) is 5.10 Å². The standard InChI is InChI=1S/C19H17F3N2O/c1-24(2)23-18(15-11-7-4-8-12-15)17(25)13-16(19(20,21)22)14-9-5-3-6-10-14/h3-13H,1-2H3/b16-13+,23-18+. The first kappa shape index (κ1) is 18.4. The smallest absolute Gasteiger partial charge is 0.302 e. The van der Waals surface area contributed by atoms with Crippen LogP contribution in [0.15, 0.2) is 71.8 Å². The van der Waals surface area contributed by atoms with Crippen molar-refractivity contribution < 1.29 is 18.0 Å². The molecule has 6 heteroatoms. The number of ketones is 1. The Hall–Kier alpha value is -2.89. The maximum Gasteiger partial charge on any atom is 0.417 e. The number of alkyl halides is 3. The minimum atomic E-state index is -4.66. The zero-order chi connectivity index (χ0) is 18.4. The highest BCUT2D eigenvalue weighted by Crippen LogP contribution is 2.33. The third-order valence-electron chi connectivity index (χ3n) is 3.25. The van der Waals surface area contributed by atoms with Crippen LogP contribution in [0.2, 0.25) is 0 Å². The molecule has 0 heterocycles. The van der Waals surface area contributed by atoms with Crippen molar-refractivity contribution in [2.45, 2.75) is 6.18 Å². The summed E-state index contributed by atoms with van der Waals surface area (Å²) in [7, 11) is 3.20. The summed E-state index contributed by atoms with van der Waals surface area (Å²) in [6, 6.07) is 15.6. The van der Waals surface area contributed by atoms with Crippen molar-refractivity contribution in [3.05, 3.63) is 77.9 Å². The molecule has 25 heavy (non-hydrogen) atoms. The maximum atomic E-state index is 13.4. The van der Waals surface area contributed by atoms with Gasteiger partial charge in [-0.05, 0) is 5.56 Å². The summed E-state index contributed by atoms with van der Waals surface area (Å²) in [5, 5.41) is 5.44. The van der Waals surface area contributed by atoms with Crippen LogP contribution in [0.25, 0.3) is 5.57 Å². The second kappa shape index (κ2) is 7.79. The number of carbonyl (C=O) groups excluding carboxylic acids is 1. The fourth-order valence-corrected chi connectivity index (χ4v) is 2.19. The molecule has 0 saturated heterocycles. The fourth-order valence-electron chi connectivity index (χ4n) is 2.19. The third kappa shape index (κ3) is 5.04. The lowest BCUT2D eigenvalue weighted by molar-refractivity contribution is -0.109. The van der Waals surface area contributed by atoms with Crippen LogP contribution >= 0.6 is 0 Å². The molecule has 0 saturated carbocycles. The molecule has 0 radical (unpaired) electrons. The van der Waals surface area contributed by atoms with Gasteiger partial charge in [-0.3, -0.25) is 4.79 Å². The van der Waals surface area contributed by atoms with Crippen molar-refractivity contribution in [1.82, 2.24) is 5.01 Å². The SMILES string of the molecule is CN(C)/N=C(/C(=O)/C=C(\c1ccccc1)C(F)(F)F)c1ccccc1. The number of benzene rings is 2. The van der Waals surface area contributed by atoms with E-state index in [0.29, 0.717) is 11.6 Å². The molecule has 0 spiro atoms. The van der Waals surface area contributed by atoms with Gasteiger partial charge in [0.15, 0.2) is 0 Å². The Morgan fingerprint density at radius 1 is 0.920 bits per heavy atom. The minimum Gasteiger partial charge on any atom is -0.302 e. The molecule has 0 fully saturated rings. The van der Waals surface area contributed by atoms with E-state index in [1.165, 1.54) is 29.3 Å². The molecule has 0 aliphatic heterocycles. The van der Waals surface area contributed by atoms with Crippen molar-refractivity contribution in [3.63, 3.8) is 0 Å². The number of nitrogens with zero attached hydrogens (tertiary/aromatic N) is 2. The van der Waals surface area contributed by atoms with E-state index in [4.69, 9.17) is 0 Å². The number of hydrogen-bond donors (Lipinski definition) is 0. The molecule has 0 aliphatic carbocycles. The van der Waals surface area contributed by atoms with Crippen molar-refractivity contribution in [2.24, 2.45) is 5.10 Å². The zero-order valence-electron chi connectivity index (χ0n) is 13.8. The van der Waals surface area contributed by atoms with Gasteiger partial charge >= 0.3 is 6.18 Å². The quantitative estimate of drug-likeness (QED) is 0.462. The molecular formula is C19H17F3N2O. The van der Waals surface area contributed by atoms with Crippen LogP contribution in [0.3, 0.4) is 0 Å². The molecule has 0 atom stereocenters. The monoisotopic (exact) mass is 346 g/mol. The van der Waals surface area contributed by atoms with Crippen LogP contribution in [-0.2, 0) is 4.79 Å². The van der Waals surface area contributed by atoms with Gasteiger partial charge in [-0.25, -0.2) is 0 Å². The Labute approximate surface area is 144 Å². The Morgan fingerprint density at radius 2 is 1.40 bits per heavy atom. The lowest BCUT2D eigenvalue weighted by Gasteiger charge is -2.13. The number of hydrogen-bond acceptors (Lipinski definition) is 3. The van der Waals surface area contributed by atoms with E-state index in [0.717, 1.165) is 0 Å². The second-order valence-electron chi connectivity index (χ2n) is 5.45. The highest BCUT2D eigenvalue weighted by molar-refractivity contribution is 6.50. The van der Waals surface area contributed by atoms with Crippen LogP contribution in [0.1, 0.15) is 11.1 Å². The molecule has 2 aromatic rings. The average Bonchev–Trinajstić information content (AvgIpc) is 2.57. The first-order valence-corrected chi connectivity index (χ1v) is 7.49. The maximum absolute atomic E-state index is 13.4. The minimum absolute atomic E-state index is 0.0525. The molecule has 130 valence electrons. The molecule has 0 bridgehead atoms. The third-order valence-corrected chi connectivity index (χ3v) is 3.25. The lowest BCUT2D eigenvalue weighted by Crippen LogP contribution is -2.20. The number of carbonyl (C=O) groups is 1. The molecular weight excluding hydrogens is 329 g/mol. The molecule has 0 amide bonds. The second-order valence-corrected chi connectivity index (χ2v) is 5.45. The van der Waals surface area contributed by atoms with Gasteiger partial charge in [0.2, 0.25) is 5.78 Å². The van der Waals surface area contributed by atoms with Crippen LogP contribution in [0.5, 0.6) is 0 Å². The van der Waals surface area contributed by atoms with Gasteiger partial charge in [0.05, 0.1) is 5.57 Å². The predicted molar refractivity (Wildman–Crippen MR) is 92.1 cm³/mol. The first-order valence-electron chi connectivity index (χ1n) is 7.49. The van der Waals surface area contributed by atoms with Gasteiger partial charge in [-0.15, -0.1) is 0 Å². The van der Waals surface area contributed by atoms with E-state index < -0.39 is 17.5 Å². The highest BCUT2D eigenvalue weighted by atomic mass is 19.4. The van der Waals surface area contributed by atoms with Crippen LogP contribution in [0.4, 0.5) is 13.2 Å². The summed E-state index contributed by atoms with van der Waals surface area (Å²) in [5.74, 6) is -0.809. The Kier molecular flexibility index (Phi) is 5.75. The fraction of sp³-hybridized carbons (Fsp3) is 0.158. The van der Waals surface area contributed by atoms with Gasteiger partial charge in [0.25, 0.3) is 0 Å². The predicted octanol–water partition coefficient (Wildman–Crippen LogP) is 4.17. The Bertz CT molecular complexity index is 779. The summed E-state index contributed by atoms with van der Waals surface area (Å²) in [5.41, 5.74) is -0.670. The van der Waals surface area contributed by atoms with Crippen molar-refractivity contribution in [2.75, 3.05) is 14.1 Å². The van der Waals surface area contributed by atoms with Crippen LogP contribution < -0.4 is 0 Å². The summed E-state index contributed by atoms with van der Waals surface area (Å²) in [6.45, 7) is 0. The summed E-state index contributed by atoms with van der Waals surface area (Å²) < 4.78 is 40.3. The number of hydrazone groups is 1. The molecule has 0 unspecified atom stereocenters. The number of allylic oxidation sites excluding steroid dienone is 2. The van der Waals surface area contributed by atoms with Crippen molar-refractivity contribution in [3.8, 4) is 0 Å². The van der Waals surface area contributed by atoms with Gasteiger partial charge in [0.1, 0.15) is 5.71 Å². The molecule has 0 aromatic heterocycles. The number of rotatable bonds is 5. The molecule has 0 N–H and O–H groups in total. The van der Waals surface area contributed by atoms with E-state index in [1.807, 2.05) is 0 Å². The van der Waals surface area contributed by atoms with E-state index in [-0.39, 0.29) is 11.3 Å². The summed E-state index contributed by atoms with van der Waals surface area (Å²) >= 11 is 0. The molecule has 3 nitrogen and oxygen atoms in total. The summed E-state index contributed by atoms with van der Waals surface area (Å²) in [4.78, 5) is 12.6. The van der Waals surface area contributed by atoms with E-state index in [1.54, 1.807) is 50.5 Å². The largest absolute Gasteiger partial charge is 0.417 e. The molecule has 2 rings (SSSR count). The summed E-state index contributed by atoms with van der Waals surface area (Å²) in [6.07, 6.45) is -4.05. The highest BCUT2D eigenvalue weighted by Gasteiger charge is 2.35. The zero-order valence-corrected chi connectivity index (χ0v) is 13.8. The van der Waals surface area contributed by atoms with Gasteiger partial charge in [-0.2, -0.15) is 18.3 Å². The van der Waals surface area contributed by atoms with E-state index >= 15 is 0 Å². The molecule has 2 aromatic carbocycles. The Balaban J connectivity index is 2.52. The van der Waals surface area contributed by atoms with E-state index in [9.17, 15) is 18.0 Å². The van der Waals surface area contributed by atoms with Crippen LogP contribution in [0, 0.1) is 0 Å². The normalized spacial score (nSPS) is 12.8. The lowest BCUT2D eigenvalue weighted by atomic mass is 10.00. The Morgan fingerprint density at radius 3 is 1.84 bits per heavy atom.